The van der Waals surface area contributed by atoms with Crippen LogP contribution in [0.1, 0.15) is 41.8 Å². The highest BCUT2D eigenvalue weighted by Crippen LogP contribution is 2.33. The van der Waals surface area contributed by atoms with Gasteiger partial charge in [-0.3, -0.25) is 4.90 Å². The molecule has 3 aromatic rings. The number of rotatable bonds is 4. The SMILES string of the molecule is CCc1ccc([C@H]2c3cccn3CCCN2Cc2ccc(F)cc2)cc1. The summed E-state index contributed by atoms with van der Waals surface area (Å²) in [5, 5.41) is 0. The Morgan fingerprint density at radius 2 is 1.65 bits per heavy atom. The summed E-state index contributed by atoms with van der Waals surface area (Å²) in [7, 11) is 0. The third-order valence-electron chi connectivity index (χ3n) is 5.36. The van der Waals surface area contributed by atoms with Gasteiger partial charge in [-0.25, -0.2) is 4.39 Å². The van der Waals surface area contributed by atoms with E-state index in [-0.39, 0.29) is 11.9 Å². The summed E-state index contributed by atoms with van der Waals surface area (Å²) in [5.41, 5.74) is 5.18. The van der Waals surface area contributed by atoms with Crippen LogP contribution in [0.4, 0.5) is 4.39 Å². The van der Waals surface area contributed by atoms with E-state index in [2.05, 4.69) is 59.0 Å². The Morgan fingerprint density at radius 3 is 2.38 bits per heavy atom. The Labute approximate surface area is 154 Å². The van der Waals surface area contributed by atoms with E-state index in [1.54, 1.807) is 12.1 Å². The molecule has 1 aliphatic heterocycles. The summed E-state index contributed by atoms with van der Waals surface area (Å²) in [4.78, 5) is 2.52. The van der Waals surface area contributed by atoms with E-state index in [4.69, 9.17) is 0 Å². The molecule has 3 heteroatoms. The molecule has 1 atom stereocenters. The predicted octanol–water partition coefficient (Wildman–Crippen LogP) is 5.18. The summed E-state index contributed by atoms with van der Waals surface area (Å²) in [6, 6.07) is 20.5. The summed E-state index contributed by atoms with van der Waals surface area (Å²) < 4.78 is 15.7. The summed E-state index contributed by atoms with van der Waals surface area (Å²) in [6.07, 6.45) is 4.36. The van der Waals surface area contributed by atoms with Gasteiger partial charge in [0.15, 0.2) is 0 Å². The molecule has 4 rings (SSSR count). The quantitative estimate of drug-likeness (QED) is 0.630. The Morgan fingerprint density at radius 1 is 0.923 bits per heavy atom. The van der Waals surface area contributed by atoms with Gasteiger partial charge in [-0.15, -0.1) is 0 Å². The van der Waals surface area contributed by atoms with E-state index in [9.17, 15) is 4.39 Å². The van der Waals surface area contributed by atoms with Gasteiger partial charge in [0.1, 0.15) is 5.82 Å². The van der Waals surface area contributed by atoms with Gasteiger partial charge in [0.25, 0.3) is 0 Å². The maximum atomic E-state index is 13.3. The van der Waals surface area contributed by atoms with Gasteiger partial charge in [0, 0.05) is 31.5 Å². The first-order valence-corrected chi connectivity index (χ1v) is 9.47. The van der Waals surface area contributed by atoms with Crippen LogP contribution >= 0.6 is 0 Å². The van der Waals surface area contributed by atoms with Crippen molar-refractivity contribution in [1.82, 2.24) is 9.47 Å². The second kappa shape index (κ2) is 7.46. The molecular formula is C23H25FN2. The number of halogens is 1. The first kappa shape index (κ1) is 17.0. The Balaban J connectivity index is 1.71. The van der Waals surface area contributed by atoms with Crippen molar-refractivity contribution in [3.05, 3.63) is 95.1 Å². The van der Waals surface area contributed by atoms with Crippen LogP contribution in [0.5, 0.6) is 0 Å². The Hall–Kier alpha value is -2.39. The third kappa shape index (κ3) is 3.45. The Kier molecular flexibility index (Phi) is 4.89. The molecule has 2 aromatic carbocycles. The molecule has 1 aliphatic rings. The lowest BCUT2D eigenvalue weighted by Crippen LogP contribution is -2.29. The van der Waals surface area contributed by atoms with Gasteiger partial charge in [-0.05, 0) is 53.8 Å². The number of fused-ring (bicyclic) bond motifs is 1. The zero-order chi connectivity index (χ0) is 17.9. The lowest BCUT2D eigenvalue weighted by molar-refractivity contribution is 0.220. The molecule has 2 heterocycles. The highest BCUT2D eigenvalue weighted by Gasteiger charge is 2.27. The van der Waals surface area contributed by atoms with Crippen molar-refractivity contribution in [3.8, 4) is 0 Å². The number of nitrogens with zero attached hydrogens (tertiary/aromatic N) is 2. The van der Waals surface area contributed by atoms with Crippen LogP contribution in [0.2, 0.25) is 0 Å². The van der Waals surface area contributed by atoms with Crippen LogP contribution in [0.15, 0.2) is 66.9 Å². The van der Waals surface area contributed by atoms with Crippen molar-refractivity contribution in [3.63, 3.8) is 0 Å². The number of benzene rings is 2. The van der Waals surface area contributed by atoms with Gasteiger partial charge in [0.05, 0.1) is 6.04 Å². The van der Waals surface area contributed by atoms with Gasteiger partial charge in [0.2, 0.25) is 0 Å². The minimum absolute atomic E-state index is 0.176. The fourth-order valence-corrected chi connectivity index (χ4v) is 3.95. The second-order valence-corrected chi connectivity index (χ2v) is 7.07. The van der Waals surface area contributed by atoms with Crippen LogP contribution in [-0.4, -0.2) is 16.0 Å². The van der Waals surface area contributed by atoms with E-state index >= 15 is 0 Å². The number of aryl methyl sites for hydroxylation is 2. The molecule has 0 amide bonds. The monoisotopic (exact) mass is 348 g/mol. The second-order valence-electron chi connectivity index (χ2n) is 7.07. The minimum Gasteiger partial charge on any atom is -0.350 e. The van der Waals surface area contributed by atoms with Crippen LogP contribution in [0.3, 0.4) is 0 Å². The number of aromatic nitrogens is 1. The molecule has 2 nitrogen and oxygen atoms in total. The molecule has 0 radical (unpaired) electrons. The maximum absolute atomic E-state index is 13.3. The van der Waals surface area contributed by atoms with Crippen molar-refractivity contribution >= 4 is 0 Å². The van der Waals surface area contributed by atoms with Crippen molar-refractivity contribution < 1.29 is 4.39 Å². The van der Waals surface area contributed by atoms with E-state index in [1.807, 2.05) is 12.1 Å². The van der Waals surface area contributed by atoms with Gasteiger partial charge >= 0.3 is 0 Å². The van der Waals surface area contributed by atoms with Crippen molar-refractivity contribution in [2.75, 3.05) is 6.54 Å². The highest BCUT2D eigenvalue weighted by atomic mass is 19.1. The third-order valence-corrected chi connectivity index (χ3v) is 5.36. The van der Waals surface area contributed by atoms with E-state index in [1.165, 1.54) is 16.8 Å². The predicted molar refractivity (Wildman–Crippen MR) is 104 cm³/mol. The minimum atomic E-state index is -0.176. The van der Waals surface area contributed by atoms with Crippen LogP contribution in [-0.2, 0) is 19.5 Å². The van der Waals surface area contributed by atoms with Crippen molar-refractivity contribution in [2.24, 2.45) is 0 Å². The molecule has 134 valence electrons. The topological polar surface area (TPSA) is 8.17 Å². The van der Waals surface area contributed by atoms with E-state index < -0.39 is 0 Å². The highest BCUT2D eigenvalue weighted by molar-refractivity contribution is 5.32. The molecule has 0 fully saturated rings. The molecule has 0 spiro atoms. The molecule has 1 aromatic heterocycles. The van der Waals surface area contributed by atoms with E-state index in [0.717, 1.165) is 38.0 Å². The molecule has 0 N–H and O–H groups in total. The van der Waals surface area contributed by atoms with Gasteiger partial charge in [-0.1, -0.05) is 43.3 Å². The number of hydrogen-bond acceptors (Lipinski definition) is 1. The van der Waals surface area contributed by atoms with Gasteiger partial charge < -0.3 is 4.57 Å². The smallest absolute Gasteiger partial charge is 0.123 e. The molecule has 0 bridgehead atoms. The van der Waals surface area contributed by atoms with E-state index in [0.29, 0.717) is 0 Å². The zero-order valence-corrected chi connectivity index (χ0v) is 15.2. The average Bonchev–Trinajstić information content (AvgIpc) is 3.05. The number of hydrogen-bond donors (Lipinski definition) is 0. The molecule has 26 heavy (non-hydrogen) atoms. The fraction of sp³-hybridized carbons (Fsp3) is 0.304. The summed E-state index contributed by atoms with van der Waals surface area (Å²) in [6.45, 7) is 5.09. The fourth-order valence-electron chi connectivity index (χ4n) is 3.95. The largest absolute Gasteiger partial charge is 0.350 e. The molecule has 0 unspecified atom stereocenters. The summed E-state index contributed by atoms with van der Waals surface area (Å²) >= 11 is 0. The van der Waals surface area contributed by atoms with Crippen molar-refractivity contribution in [2.45, 2.75) is 38.9 Å². The molecular weight excluding hydrogens is 323 g/mol. The van der Waals surface area contributed by atoms with Crippen LogP contribution < -0.4 is 0 Å². The average molecular weight is 348 g/mol. The zero-order valence-electron chi connectivity index (χ0n) is 15.2. The first-order valence-electron chi connectivity index (χ1n) is 9.47. The lowest BCUT2D eigenvalue weighted by Gasteiger charge is -2.31. The molecule has 0 aliphatic carbocycles. The van der Waals surface area contributed by atoms with Crippen LogP contribution in [0.25, 0.3) is 0 Å². The molecule has 0 saturated heterocycles. The van der Waals surface area contributed by atoms with Crippen molar-refractivity contribution in [1.29, 1.82) is 0 Å². The summed E-state index contributed by atoms with van der Waals surface area (Å²) in [5.74, 6) is -0.176. The maximum Gasteiger partial charge on any atom is 0.123 e. The normalized spacial score (nSPS) is 17.7. The van der Waals surface area contributed by atoms with Gasteiger partial charge in [-0.2, -0.15) is 0 Å². The van der Waals surface area contributed by atoms with Crippen LogP contribution in [0, 0.1) is 5.82 Å². The Bertz CT molecular complexity index is 849. The first-order chi connectivity index (χ1) is 12.7. The standard InChI is InChI=1S/C23H25FN2/c1-2-18-6-10-20(11-7-18)23-22-5-3-14-25(22)15-4-16-26(23)17-19-8-12-21(24)13-9-19/h3,5-14,23H,2,4,15-17H2,1H3/t23-/m0/s1. The lowest BCUT2D eigenvalue weighted by atomic mass is 9.99. The molecule has 0 saturated carbocycles.